The standard InChI is InChI=1S/C13H12N4O3S/c1-20-11-4-2-3-9(7-14)13(11)17-21(18,19)10-5-6-12(15)16-8-10/h2-6,8,17H,1H3,(H2,15,16). The van der Waals surface area contributed by atoms with Gasteiger partial charge < -0.3 is 10.5 Å². The van der Waals surface area contributed by atoms with E-state index in [0.29, 0.717) is 0 Å². The quantitative estimate of drug-likeness (QED) is 0.880. The average Bonchev–Trinajstić information content (AvgIpc) is 2.47. The molecule has 21 heavy (non-hydrogen) atoms. The first kappa shape index (κ1) is 14.6. The van der Waals surface area contributed by atoms with Crippen LogP contribution >= 0.6 is 0 Å². The van der Waals surface area contributed by atoms with Crippen molar-refractivity contribution < 1.29 is 13.2 Å². The number of hydrogen-bond donors (Lipinski definition) is 2. The van der Waals surface area contributed by atoms with E-state index in [9.17, 15) is 8.42 Å². The number of para-hydroxylation sites is 1. The Bertz CT molecular complexity index is 795. The number of nitrogens with two attached hydrogens (primary N) is 1. The van der Waals surface area contributed by atoms with Crippen LogP contribution in [0.15, 0.2) is 41.4 Å². The van der Waals surface area contributed by atoms with E-state index >= 15 is 0 Å². The Balaban J connectivity index is 2.46. The lowest BCUT2D eigenvalue weighted by Gasteiger charge is -2.13. The molecule has 0 fully saturated rings. The zero-order valence-corrected chi connectivity index (χ0v) is 11.9. The number of pyridine rings is 1. The molecular formula is C13H12N4O3S. The monoisotopic (exact) mass is 304 g/mol. The molecule has 3 N–H and O–H groups in total. The lowest BCUT2D eigenvalue weighted by Crippen LogP contribution is -2.15. The van der Waals surface area contributed by atoms with E-state index in [-0.39, 0.29) is 27.7 Å². The SMILES string of the molecule is COc1cccc(C#N)c1NS(=O)(=O)c1ccc(N)nc1. The summed E-state index contributed by atoms with van der Waals surface area (Å²) < 4.78 is 32.0. The summed E-state index contributed by atoms with van der Waals surface area (Å²) in [6.07, 6.45) is 1.14. The molecule has 7 nitrogen and oxygen atoms in total. The van der Waals surface area contributed by atoms with Gasteiger partial charge in [-0.05, 0) is 24.3 Å². The highest BCUT2D eigenvalue weighted by Gasteiger charge is 2.19. The van der Waals surface area contributed by atoms with Gasteiger partial charge in [-0.15, -0.1) is 0 Å². The summed E-state index contributed by atoms with van der Waals surface area (Å²) in [4.78, 5) is 3.67. The maximum atomic E-state index is 12.3. The zero-order valence-electron chi connectivity index (χ0n) is 11.1. The number of methoxy groups -OCH3 is 1. The number of aromatic nitrogens is 1. The number of sulfonamides is 1. The van der Waals surface area contributed by atoms with E-state index in [1.54, 1.807) is 12.1 Å². The van der Waals surface area contributed by atoms with Crippen molar-refractivity contribution in [1.29, 1.82) is 5.26 Å². The average molecular weight is 304 g/mol. The second kappa shape index (κ2) is 5.68. The number of anilines is 2. The molecule has 0 aliphatic rings. The van der Waals surface area contributed by atoms with Crippen LogP contribution in [-0.2, 0) is 10.0 Å². The molecule has 2 aromatic rings. The van der Waals surface area contributed by atoms with Gasteiger partial charge in [0.15, 0.2) is 0 Å². The van der Waals surface area contributed by atoms with Crippen molar-refractivity contribution in [2.45, 2.75) is 4.90 Å². The van der Waals surface area contributed by atoms with Crippen molar-refractivity contribution >= 4 is 21.5 Å². The van der Waals surface area contributed by atoms with Gasteiger partial charge in [-0.3, -0.25) is 4.72 Å². The summed E-state index contributed by atoms with van der Waals surface area (Å²) in [5.74, 6) is 0.463. The van der Waals surface area contributed by atoms with Crippen molar-refractivity contribution in [1.82, 2.24) is 4.98 Å². The molecule has 8 heteroatoms. The summed E-state index contributed by atoms with van der Waals surface area (Å²) >= 11 is 0. The van der Waals surface area contributed by atoms with Gasteiger partial charge in [0.05, 0.1) is 12.7 Å². The van der Waals surface area contributed by atoms with Crippen LogP contribution in [0.5, 0.6) is 5.75 Å². The number of nitrogens with one attached hydrogen (secondary N) is 1. The van der Waals surface area contributed by atoms with E-state index in [4.69, 9.17) is 15.7 Å². The summed E-state index contributed by atoms with van der Waals surface area (Å²) in [6.45, 7) is 0. The van der Waals surface area contributed by atoms with Crippen LogP contribution < -0.4 is 15.2 Å². The molecule has 0 spiro atoms. The first-order valence-corrected chi connectivity index (χ1v) is 7.27. The number of nitrogen functional groups attached to an aromatic ring is 1. The van der Waals surface area contributed by atoms with Gasteiger partial charge in [-0.2, -0.15) is 5.26 Å². The Kier molecular flexibility index (Phi) is 3.95. The highest BCUT2D eigenvalue weighted by atomic mass is 32.2. The van der Waals surface area contributed by atoms with Crippen LogP contribution in [0.25, 0.3) is 0 Å². The minimum Gasteiger partial charge on any atom is -0.495 e. The van der Waals surface area contributed by atoms with Gasteiger partial charge in [0.2, 0.25) is 0 Å². The fourth-order valence-corrected chi connectivity index (χ4v) is 2.68. The third-order valence-electron chi connectivity index (χ3n) is 2.67. The number of ether oxygens (including phenoxy) is 1. The van der Waals surface area contributed by atoms with Crippen molar-refractivity contribution in [3.05, 3.63) is 42.1 Å². The summed E-state index contributed by atoms with van der Waals surface area (Å²) in [7, 11) is -2.51. The second-order valence-electron chi connectivity index (χ2n) is 4.02. The van der Waals surface area contributed by atoms with Crippen molar-refractivity contribution in [2.24, 2.45) is 0 Å². The largest absolute Gasteiger partial charge is 0.495 e. The fraction of sp³-hybridized carbons (Fsp3) is 0.0769. The molecule has 0 radical (unpaired) electrons. The molecule has 0 aliphatic heterocycles. The molecule has 2 rings (SSSR count). The molecule has 0 bridgehead atoms. The highest BCUT2D eigenvalue weighted by molar-refractivity contribution is 7.92. The Hall–Kier alpha value is -2.79. The van der Waals surface area contributed by atoms with Gasteiger partial charge in [-0.1, -0.05) is 6.07 Å². The van der Waals surface area contributed by atoms with E-state index in [0.717, 1.165) is 6.20 Å². The number of benzene rings is 1. The minimum atomic E-state index is -3.89. The maximum Gasteiger partial charge on any atom is 0.263 e. The molecular weight excluding hydrogens is 292 g/mol. The van der Waals surface area contributed by atoms with Gasteiger partial charge >= 0.3 is 0 Å². The van der Waals surface area contributed by atoms with Crippen LogP contribution in [0.3, 0.4) is 0 Å². The lowest BCUT2D eigenvalue weighted by atomic mass is 10.2. The van der Waals surface area contributed by atoms with Gasteiger partial charge in [-0.25, -0.2) is 13.4 Å². The van der Waals surface area contributed by atoms with E-state index in [1.807, 2.05) is 6.07 Å². The number of rotatable bonds is 4. The molecule has 0 unspecified atom stereocenters. The third kappa shape index (κ3) is 3.04. The van der Waals surface area contributed by atoms with Crippen molar-refractivity contribution in [3.63, 3.8) is 0 Å². The summed E-state index contributed by atoms with van der Waals surface area (Å²) in [6, 6.07) is 9.25. The summed E-state index contributed by atoms with van der Waals surface area (Å²) in [5.41, 5.74) is 5.66. The van der Waals surface area contributed by atoms with Crippen LogP contribution in [0.1, 0.15) is 5.56 Å². The molecule has 0 saturated carbocycles. The maximum absolute atomic E-state index is 12.3. The van der Waals surface area contributed by atoms with Crippen LogP contribution in [0, 0.1) is 11.3 Å². The molecule has 1 aromatic heterocycles. The Morgan fingerprint density at radius 3 is 2.67 bits per heavy atom. The Morgan fingerprint density at radius 1 is 1.33 bits per heavy atom. The Labute approximate surface area is 122 Å². The molecule has 0 atom stereocenters. The van der Waals surface area contributed by atoms with Gasteiger partial charge in [0.1, 0.15) is 28.2 Å². The Morgan fingerprint density at radius 2 is 2.10 bits per heavy atom. The normalized spacial score (nSPS) is 10.7. The minimum absolute atomic E-state index is 0.0634. The number of hydrogen-bond acceptors (Lipinski definition) is 6. The number of nitrogens with zero attached hydrogens (tertiary/aromatic N) is 2. The molecule has 0 saturated heterocycles. The van der Waals surface area contributed by atoms with Crippen LogP contribution in [-0.4, -0.2) is 20.5 Å². The van der Waals surface area contributed by atoms with Crippen LogP contribution in [0.2, 0.25) is 0 Å². The first-order chi connectivity index (χ1) is 9.97. The predicted molar refractivity (Wildman–Crippen MR) is 77.2 cm³/mol. The van der Waals surface area contributed by atoms with E-state index < -0.39 is 10.0 Å². The fourth-order valence-electron chi connectivity index (χ4n) is 1.64. The smallest absolute Gasteiger partial charge is 0.263 e. The number of nitriles is 1. The molecule has 108 valence electrons. The van der Waals surface area contributed by atoms with Crippen LogP contribution in [0.4, 0.5) is 11.5 Å². The topological polar surface area (TPSA) is 118 Å². The van der Waals surface area contributed by atoms with Gasteiger partial charge in [0, 0.05) is 6.20 Å². The first-order valence-electron chi connectivity index (χ1n) is 5.79. The van der Waals surface area contributed by atoms with Gasteiger partial charge in [0.25, 0.3) is 10.0 Å². The summed E-state index contributed by atoms with van der Waals surface area (Å²) in [5, 5.41) is 9.07. The highest BCUT2D eigenvalue weighted by Crippen LogP contribution is 2.30. The third-order valence-corrected chi connectivity index (χ3v) is 4.01. The van der Waals surface area contributed by atoms with E-state index in [2.05, 4.69) is 9.71 Å². The molecule has 0 aliphatic carbocycles. The lowest BCUT2D eigenvalue weighted by molar-refractivity contribution is 0.416. The van der Waals surface area contributed by atoms with E-state index in [1.165, 1.54) is 25.3 Å². The zero-order chi connectivity index (χ0) is 15.5. The van der Waals surface area contributed by atoms with Crippen molar-refractivity contribution in [2.75, 3.05) is 17.6 Å². The van der Waals surface area contributed by atoms with Crippen molar-refractivity contribution in [3.8, 4) is 11.8 Å². The molecule has 1 aromatic carbocycles. The molecule has 1 heterocycles. The predicted octanol–water partition coefficient (Wildman–Crippen LogP) is 1.34. The second-order valence-corrected chi connectivity index (χ2v) is 5.70. The molecule has 0 amide bonds.